The van der Waals surface area contributed by atoms with Gasteiger partial charge in [0.05, 0.1) is 0 Å². The van der Waals surface area contributed by atoms with E-state index in [0.29, 0.717) is 0 Å². The minimum Gasteiger partial charge on any atom is -0.0896 e. The standard InChI is InChI=1S/C20H19SSi/c1-22(2,18-13-7-4-8-14-18)20-16-10-9-15-19(20)21-17-11-5-3-6-12-17/h3-11,13-16H,1-2H3. The maximum atomic E-state index is 3.31. The van der Waals surface area contributed by atoms with Crippen molar-refractivity contribution in [2.45, 2.75) is 22.9 Å². The largest absolute Gasteiger partial charge is 0.113 e. The fourth-order valence-corrected chi connectivity index (χ4v) is 6.94. The summed E-state index contributed by atoms with van der Waals surface area (Å²) in [5.41, 5.74) is 0. The van der Waals surface area contributed by atoms with Crippen LogP contribution in [0.1, 0.15) is 0 Å². The Hall–Kier alpha value is -1.77. The first kappa shape index (κ1) is 15.1. The van der Waals surface area contributed by atoms with Gasteiger partial charge in [-0.05, 0) is 23.4 Å². The first-order chi connectivity index (χ1) is 10.7. The highest BCUT2D eigenvalue weighted by Gasteiger charge is 2.28. The number of hydrogen-bond acceptors (Lipinski definition) is 1. The van der Waals surface area contributed by atoms with Crippen molar-refractivity contribution in [2.24, 2.45) is 0 Å². The molecule has 0 aliphatic rings. The lowest BCUT2D eigenvalue weighted by molar-refractivity contribution is 1.41. The third kappa shape index (κ3) is 3.18. The third-order valence-electron chi connectivity index (χ3n) is 3.96. The summed E-state index contributed by atoms with van der Waals surface area (Å²) in [6, 6.07) is 31.2. The molecule has 109 valence electrons. The molecule has 0 fully saturated rings. The van der Waals surface area contributed by atoms with Crippen LogP contribution in [0, 0.1) is 6.07 Å². The molecule has 0 atom stereocenters. The molecule has 0 nitrogen and oxygen atoms in total. The van der Waals surface area contributed by atoms with E-state index in [1.165, 1.54) is 20.2 Å². The van der Waals surface area contributed by atoms with Crippen LogP contribution in [0.15, 0.2) is 88.7 Å². The van der Waals surface area contributed by atoms with Crippen molar-refractivity contribution in [3.05, 3.63) is 84.9 Å². The summed E-state index contributed by atoms with van der Waals surface area (Å²) in [6.07, 6.45) is 0. The SMILES string of the molecule is C[Si](C)(c1ccccc1)c1ccccc1Sc1[c]cccc1. The normalized spacial score (nSPS) is 11.4. The molecule has 0 amide bonds. The molecule has 3 aromatic rings. The van der Waals surface area contributed by atoms with E-state index in [1.807, 2.05) is 23.9 Å². The lowest BCUT2D eigenvalue weighted by Gasteiger charge is -2.26. The van der Waals surface area contributed by atoms with Gasteiger partial charge in [0.1, 0.15) is 8.07 Å². The Labute approximate surface area is 138 Å². The molecule has 0 aromatic heterocycles. The highest BCUT2D eigenvalue weighted by Crippen LogP contribution is 2.27. The van der Waals surface area contributed by atoms with Gasteiger partial charge in [-0.15, -0.1) is 0 Å². The first-order valence-electron chi connectivity index (χ1n) is 7.47. The van der Waals surface area contributed by atoms with E-state index in [9.17, 15) is 0 Å². The second kappa shape index (κ2) is 6.55. The van der Waals surface area contributed by atoms with Gasteiger partial charge in [0, 0.05) is 9.79 Å². The Morgan fingerprint density at radius 1 is 0.773 bits per heavy atom. The summed E-state index contributed by atoms with van der Waals surface area (Å²) >= 11 is 1.81. The summed E-state index contributed by atoms with van der Waals surface area (Å²) in [5, 5.41) is 2.96. The summed E-state index contributed by atoms with van der Waals surface area (Å²) in [7, 11) is -1.69. The molecule has 0 saturated carbocycles. The third-order valence-corrected chi connectivity index (χ3v) is 8.75. The summed E-state index contributed by atoms with van der Waals surface area (Å²) < 4.78 is 0. The van der Waals surface area contributed by atoms with Crippen LogP contribution in [0.25, 0.3) is 0 Å². The molecule has 0 saturated heterocycles. The fraction of sp³-hybridized carbons (Fsp3) is 0.100. The molecule has 3 rings (SSSR count). The van der Waals surface area contributed by atoms with Crippen molar-refractivity contribution in [1.82, 2.24) is 0 Å². The number of rotatable bonds is 4. The van der Waals surface area contributed by atoms with Gasteiger partial charge in [-0.25, -0.2) is 0 Å². The molecule has 1 radical (unpaired) electrons. The van der Waals surface area contributed by atoms with E-state index in [1.54, 1.807) is 0 Å². The zero-order valence-corrected chi connectivity index (χ0v) is 14.7. The molecule has 0 unspecified atom stereocenters. The molecular weight excluding hydrogens is 300 g/mol. The van der Waals surface area contributed by atoms with Crippen molar-refractivity contribution >= 4 is 30.2 Å². The van der Waals surface area contributed by atoms with E-state index in [4.69, 9.17) is 0 Å². The van der Waals surface area contributed by atoms with Gasteiger partial charge in [0.15, 0.2) is 0 Å². The smallest absolute Gasteiger partial charge is 0.0896 e. The van der Waals surface area contributed by atoms with Gasteiger partial charge < -0.3 is 0 Å². The number of hydrogen-bond donors (Lipinski definition) is 0. The molecule has 3 aromatic carbocycles. The van der Waals surface area contributed by atoms with Crippen LogP contribution in [0.4, 0.5) is 0 Å². The Morgan fingerprint density at radius 3 is 2.18 bits per heavy atom. The molecule has 22 heavy (non-hydrogen) atoms. The minimum absolute atomic E-state index is 1.17. The Morgan fingerprint density at radius 2 is 1.45 bits per heavy atom. The van der Waals surface area contributed by atoms with Crippen molar-refractivity contribution in [3.8, 4) is 0 Å². The van der Waals surface area contributed by atoms with Crippen LogP contribution in [0.5, 0.6) is 0 Å². The lowest BCUT2D eigenvalue weighted by atomic mass is 10.4. The predicted molar refractivity (Wildman–Crippen MR) is 99.0 cm³/mol. The van der Waals surface area contributed by atoms with Crippen molar-refractivity contribution in [1.29, 1.82) is 0 Å². The molecule has 0 heterocycles. The minimum atomic E-state index is -1.69. The van der Waals surface area contributed by atoms with Gasteiger partial charge in [0.25, 0.3) is 0 Å². The van der Waals surface area contributed by atoms with Crippen LogP contribution in [0.3, 0.4) is 0 Å². The lowest BCUT2D eigenvalue weighted by Crippen LogP contribution is -2.53. The Bertz CT molecular complexity index is 736. The van der Waals surface area contributed by atoms with E-state index in [2.05, 4.69) is 85.9 Å². The molecule has 0 aliphatic carbocycles. The zero-order chi connectivity index (χ0) is 15.4. The van der Waals surface area contributed by atoms with Crippen molar-refractivity contribution < 1.29 is 0 Å². The second-order valence-electron chi connectivity index (χ2n) is 5.82. The van der Waals surface area contributed by atoms with Crippen molar-refractivity contribution in [2.75, 3.05) is 0 Å². The van der Waals surface area contributed by atoms with Gasteiger partial charge in [-0.2, -0.15) is 0 Å². The maximum absolute atomic E-state index is 3.31. The average Bonchev–Trinajstić information content (AvgIpc) is 2.57. The summed E-state index contributed by atoms with van der Waals surface area (Å²) in [4.78, 5) is 2.53. The van der Waals surface area contributed by atoms with Crippen LogP contribution >= 0.6 is 11.8 Å². The molecule has 2 heteroatoms. The van der Waals surface area contributed by atoms with Crippen LogP contribution in [-0.2, 0) is 0 Å². The van der Waals surface area contributed by atoms with Gasteiger partial charge in [-0.1, -0.05) is 96.8 Å². The number of benzene rings is 3. The van der Waals surface area contributed by atoms with Gasteiger partial charge in [-0.3, -0.25) is 0 Å². The Balaban J connectivity index is 2.01. The quantitative estimate of drug-likeness (QED) is 0.640. The van der Waals surface area contributed by atoms with Crippen molar-refractivity contribution in [3.63, 3.8) is 0 Å². The molecule has 0 aliphatic heterocycles. The van der Waals surface area contributed by atoms with Crippen LogP contribution in [0.2, 0.25) is 13.1 Å². The molecule has 0 spiro atoms. The second-order valence-corrected chi connectivity index (χ2v) is 11.3. The van der Waals surface area contributed by atoms with E-state index >= 15 is 0 Å². The molecule has 0 N–H and O–H groups in total. The highest BCUT2D eigenvalue weighted by molar-refractivity contribution is 7.99. The van der Waals surface area contributed by atoms with Crippen LogP contribution in [-0.4, -0.2) is 8.07 Å². The first-order valence-corrected chi connectivity index (χ1v) is 11.3. The maximum Gasteiger partial charge on any atom is 0.113 e. The van der Waals surface area contributed by atoms with Gasteiger partial charge in [0.2, 0.25) is 0 Å². The van der Waals surface area contributed by atoms with E-state index in [-0.39, 0.29) is 0 Å². The highest BCUT2D eigenvalue weighted by atomic mass is 32.2. The summed E-state index contributed by atoms with van der Waals surface area (Å²) in [5.74, 6) is 0. The van der Waals surface area contributed by atoms with E-state index < -0.39 is 8.07 Å². The average molecular weight is 320 g/mol. The topological polar surface area (TPSA) is 0 Å². The van der Waals surface area contributed by atoms with Gasteiger partial charge >= 0.3 is 0 Å². The van der Waals surface area contributed by atoms with Crippen LogP contribution < -0.4 is 10.4 Å². The monoisotopic (exact) mass is 319 g/mol. The fourth-order valence-electron chi connectivity index (χ4n) is 2.64. The zero-order valence-electron chi connectivity index (χ0n) is 12.9. The molecule has 0 bridgehead atoms. The molecular formula is C20H19SSi. The Kier molecular flexibility index (Phi) is 4.51. The van der Waals surface area contributed by atoms with E-state index in [0.717, 1.165) is 0 Å². The summed E-state index contributed by atoms with van der Waals surface area (Å²) in [6.45, 7) is 4.85. The predicted octanol–water partition coefficient (Wildman–Crippen LogP) is 4.46.